The third kappa shape index (κ3) is 2.52. The molecule has 19 heavy (non-hydrogen) atoms. The summed E-state index contributed by atoms with van der Waals surface area (Å²) in [5.74, 6) is 1.61. The molecule has 1 aromatic rings. The summed E-state index contributed by atoms with van der Waals surface area (Å²) in [6.45, 7) is 4.14. The van der Waals surface area contributed by atoms with E-state index in [2.05, 4.69) is 16.9 Å². The first-order valence-electron chi connectivity index (χ1n) is 6.96. The van der Waals surface area contributed by atoms with Crippen LogP contribution in [-0.4, -0.2) is 17.1 Å². The third-order valence-electron chi connectivity index (χ3n) is 4.31. The van der Waals surface area contributed by atoms with Crippen molar-refractivity contribution in [1.29, 1.82) is 0 Å². The molecule has 106 valence electrons. The van der Waals surface area contributed by atoms with Crippen molar-refractivity contribution in [2.75, 3.05) is 12.8 Å². The Morgan fingerprint density at radius 1 is 1.47 bits per heavy atom. The Balaban J connectivity index is 2.42. The van der Waals surface area contributed by atoms with Crippen LogP contribution < -0.4 is 11.3 Å². The lowest BCUT2D eigenvalue weighted by Gasteiger charge is -2.37. The maximum atomic E-state index is 12.0. The molecule has 1 saturated carbocycles. The summed E-state index contributed by atoms with van der Waals surface area (Å²) in [5.41, 5.74) is 5.83. The van der Waals surface area contributed by atoms with E-state index in [1.54, 1.807) is 7.11 Å². The molecule has 5 nitrogen and oxygen atoms in total. The van der Waals surface area contributed by atoms with Crippen LogP contribution in [0.15, 0.2) is 4.79 Å². The Kier molecular flexibility index (Phi) is 3.94. The van der Waals surface area contributed by atoms with Gasteiger partial charge in [-0.2, -0.15) is 0 Å². The first-order valence-corrected chi connectivity index (χ1v) is 6.96. The number of nitrogen functional groups attached to an aromatic ring is 1. The second kappa shape index (κ2) is 5.33. The number of rotatable bonds is 3. The number of hydrogen-bond acceptors (Lipinski definition) is 4. The zero-order chi connectivity index (χ0) is 14.0. The first-order chi connectivity index (χ1) is 9.02. The van der Waals surface area contributed by atoms with E-state index in [-0.39, 0.29) is 5.56 Å². The van der Waals surface area contributed by atoms with Crippen LogP contribution in [0.2, 0.25) is 0 Å². The van der Waals surface area contributed by atoms with E-state index in [1.807, 2.05) is 6.92 Å². The first kappa shape index (κ1) is 14.1. The molecule has 0 atom stereocenters. The van der Waals surface area contributed by atoms with Crippen LogP contribution in [-0.2, 0) is 16.8 Å². The van der Waals surface area contributed by atoms with E-state index in [9.17, 15) is 4.79 Å². The maximum Gasteiger partial charge on any atom is 0.256 e. The molecule has 0 amide bonds. The molecule has 3 N–H and O–H groups in total. The molecule has 1 fully saturated rings. The number of H-pyrrole nitrogens is 1. The summed E-state index contributed by atoms with van der Waals surface area (Å²) >= 11 is 0. The Bertz CT molecular complexity index is 502. The molecule has 0 bridgehead atoms. The Hall–Kier alpha value is -1.36. The van der Waals surface area contributed by atoms with Crippen LogP contribution in [0.4, 0.5) is 5.82 Å². The van der Waals surface area contributed by atoms with Gasteiger partial charge in [0.15, 0.2) is 0 Å². The molecule has 0 saturated heterocycles. The number of methoxy groups -OCH3 is 1. The molecule has 5 heteroatoms. The van der Waals surface area contributed by atoms with E-state index >= 15 is 0 Å². The van der Waals surface area contributed by atoms with Gasteiger partial charge < -0.3 is 15.5 Å². The van der Waals surface area contributed by atoms with Gasteiger partial charge in [-0.15, -0.1) is 0 Å². The minimum atomic E-state index is -0.480. The second-order valence-electron chi connectivity index (χ2n) is 5.51. The molecule has 0 unspecified atom stereocenters. The van der Waals surface area contributed by atoms with Crippen molar-refractivity contribution in [2.45, 2.75) is 51.6 Å². The summed E-state index contributed by atoms with van der Waals surface area (Å²) in [6.07, 6.45) is 4.49. The van der Waals surface area contributed by atoms with Gasteiger partial charge in [-0.1, -0.05) is 13.8 Å². The normalized spacial score (nSPS) is 27.4. The van der Waals surface area contributed by atoms with Crippen molar-refractivity contribution in [3.05, 3.63) is 21.7 Å². The zero-order valence-corrected chi connectivity index (χ0v) is 12.0. The van der Waals surface area contributed by atoms with Crippen LogP contribution in [0.1, 0.15) is 50.9 Å². The van der Waals surface area contributed by atoms with Crippen LogP contribution in [0.5, 0.6) is 0 Å². The van der Waals surface area contributed by atoms with E-state index in [1.165, 1.54) is 0 Å². The van der Waals surface area contributed by atoms with Crippen molar-refractivity contribution in [1.82, 2.24) is 9.97 Å². The molecule has 1 aliphatic rings. The van der Waals surface area contributed by atoms with Gasteiger partial charge in [0.2, 0.25) is 0 Å². The van der Waals surface area contributed by atoms with Gasteiger partial charge in [-0.3, -0.25) is 4.79 Å². The lowest BCUT2D eigenvalue weighted by atomic mass is 9.79. The fraction of sp³-hybridized carbons (Fsp3) is 0.714. The fourth-order valence-electron chi connectivity index (χ4n) is 2.84. The molecule has 1 aliphatic carbocycles. The molecule has 1 aromatic heterocycles. The average molecular weight is 265 g/mol. The van der Waals surface area contributed by atoms with Gasteiger partial charge in [0.1, 0.15) is 17.2 Å². The number of nitrogens with zero attached hydrogens (tertiary/aromatic N) is 1. The highest BCUT2D eigenvalue weighted by molar-refractivity contribution is 5.38. The molecule has 1 heterocycles. The van der Waals surface area contributed by atoms with Crippen molar-refractivity contribution in [3.8, 4) is 0 Å². The topological polar surface area (TPSA) is 81.0 Å². The minimum absolute atomic E-state index is 0.139. The van der Waals surface area contributed by atoms with Crippen molar-refractivity contribution >= 4 is 5.82 Å². The number of aromatic nitrogens is 2. The highest BCUT2D eigenvalue weighted by Gasteiger charge is 2.38. The third-order valence-corrected chi connectivity index (χ3v) is 4.31. The summed E-state index contributed by atoms with van der Waals surface area (Å²) in [4.78, 5) is 19.3. The zero-order valence-electron chi connectivity index (χ0n) is 12.0. The molecule has 0 aromatic carbocycles. The van der Waals surface area contributed by atoms with E-state index in [4.69, 9.17) is 10.5 Å². The van der Waals surface area contributed by atoms with Gasteiger partial charge in [0, 0.05) is 7.11 Å². The molecular weight excluding hydrogens is 242 g/mol. The van der Waals surface area contributed by atoms with Crippen LogP contribution in [0.3, 0.4) is 0 Å². The average Bonchev–Trinajstić information content (AvgIpc) is 2.39. The Labute approximate surface area is 113 Å². The summed E-state index contributed by atoms with van der Waals surface area (Å²) in [7, 11) is 1.68. The number of nitrogens with two attached hydrogens (primary N) is 1. The Morgan fingerprint density at radius 2 is 2.11 bits per heavy atom. The van der Waals surface area contributed by atoms with Crippen molar-refractivity contribution in [2.24, 2.45) is 5.92 Å². The predicted octanol–water partition coefficient (Wildman–Crippen LogP) is 1.97. The number of ether oxygens (including phenoxy) is 1. The van der Waals surface area contributed by atoms with Crippen LogP contribution in [0, 0.1) is 5.92 Å². The summed E-state index contributed by atoms with van der Waals surface area (Å²) in [6, 6.07) is 0. The predicted molar refractivity (Wildman–Crippen MR) is 75.0 cm³/mol. The van der Waals surface area contributed by atoms with Crippen LogP contribution in [0.25, 0.3) is 0 Å². The Morgan fingerprint density at radius 3 is 2.58 bits per heavy atom. The summed E-state index contributed by atoms with van der Waals surface area (Å²) < 4.78 is 5.71. The van der Waals surface area contributed by atoms with Gasteiger partial charge in [-0.05, 0) is 38.0 Å². The molecule has 0 radical (unpaired) electrons. The lowest BCUT2D eigenvalue weighted by Crippen LogP contribution is -2.37. The van der Waals surface area contributed by atoms with E-state index in [0.29, 0.717) is 29.5 Å². The number of aromatic amines is 1. The lowest BCUT2D eigenvalue weighted by molar-refractivity contribution is -0.0598. The van der Waals surface area contributed by atoms with Crippen molar-refractivity contribution in [3.63, 3.8) is 0 Å². The van der Waals surface area contributed by atoms with Gasteiger partial charge in [0.05, 0.1) is 5.56 Å². The number of nitrogens with one attached hydrogen (secondary N) is 1. The SMILES string of the molecule is CCc1c(N)nc(C2(OC)CCC(C)CC2)[nH]c1=O. The molecule has 2 rings (SSSR count). The monoisotopic (exact) mass is 265 g/mol. The van der Waals surface area contributed by atoms with Gasteiger partial charge in [0.25, 0.3) is 5.56 Å². The van der Waals surface area contributed by atoms with Gasteiger partial charge in [-0.25, -0.2) is 4.98 Å². The highest BCUT2D eigenvalue weighted by atomic mass is 16.5. The highest BCUT2D eigenvalue weighted by Crippen LogP contribution is 2.40. The van der Waals surface area contributed by atoms with Crippen LogP contribution >= 0.6 is 0 Å². The van der Waals surface area contributed by atoms with E-state index < -0.39 is 5.60 Å². The fourth-order valence-corrected chi connectivity index (χ4v) is 2.84. The van der Waals surface area contributed by atoms with E-state index in [0.717, 1.165) is 25.7 Å². The quantitative estimate of drug-likeness (QED) is 0.875. The largest absolute Gasteiger partial charge is 0.383 e. The molecule has 0 spiro atoms. The smallest absolute Gasteiger partial charge is 0.256 e. The number of hydrogen-bond donors (Lipinski definition) is 2. The number of anilines is 1. The standard InChI is InChI=1S/C14H23N3O2/c1-4-10-11(15)16-13(17-12(10)18)14(19-3)7-5-9(2)6-8-14/h9H,4-8H2,1-3H3,(H3,15,16,17,18). The maximum absolute atomic E-state index is 12.0. The van der Waals surface area contributed by atoms with Crippen molar-refractivity contribution < 1.29 is 4.74 Å². The minimum Gasteiger partial charge on any atom is -0.383 e. The molecular formula is C14H23N3O2. The van der Waals surface area contributed by atoms with Gasteiger partial charge >= 0.3 is 0 Å². The second-order valence-corrected chi connectivity index (χ2v) is 5.51. The summed E-state index contributed by atoms with van der Waals surface area (Å²) in [5, 5.41) is 0. The molecule has 0 aliphatic heterocycles.